The van der Waals surface area contributed by atoms with Crippen LogP contribution in [0.5, 0.6) is 0 Å². The van der Waals surface area contributed by atoms with Crippen molar-refractivity contribution in [1.29, 1.82) is 0 Å². The van der Waals surface area contributed by atoms with Crippen molar-refractivity contribution < 1.29 is 22.6 Å². The van der Waals surface area contributed by atoms with Gasteiger partial charge in [-0.05, 0) is 62.8 Å². The molecule has 0 amide bonds. The van der Waals surface area contributed by atoms with E-state index in [4.69, 9.17) is 23.9 Å². The van der Waals surface area contributed by atoms with Crippen LogP contribution in [0.4, 0.5) is 19.0 Å². The van der Waals surface area contributed by atoms with E-state index in [1.807, 2.05) is 24.6 Å². The van der Waals surface area contributed by atoms with Gasteiger partial charge in [-0.15, -0.1) is 0 Å². The average Bonchev–Trinajstić information content (AvgIpc) is 3.51. The Bertz CT molecular complexity index is 1460. The number of nitrogens with zero attached hydrogens (tertiary/aromatic N) is 6. The molecule has 0 bridgehead atoms. The number of hydrogen-bond acceptors (Lipinski definition) is 8. The molecule has 2 aliphatic heterocycles. The molecule has 1 unspecified atom stereocenters. The van der Waals surface area contributed by atoms with E-state index in [9.17, 15) is 13.2 Å². The predicted octanol–water partition coefficient (Wildman–Crippen LogP) is 5.87. The number of morpholine rings is 1. The van der Waals surface area contributed by atoms with Crippen molar-refractivity contribution in [3.8, 4) is 22.5 Å². The Labute approximate surface area is 221 Å². The van der Waals surface area contributed by atoms with Crippen LogP contribution in [0, 0.1) is 6.92 Å². The summed E-state index contributed by atoms with van der Waals surface area (Å²) in [6, 6.07) is 6.65. The third-order valence-corrected chi connectivity index (χ3v) is 7.84. The Morgan fingerprint density at radius 1 is 1.13 bits per heavy atom. The molecule has 0 aliphatic carbocycles. The molecule has 4 aromatic rings. The number of anilines is 1. The minimum Gasteiger partial charge on any atom is -0.377 e. The van der Waals surface area contributed by atoms with Gasteiger partial charge in [-0.1, -0.05) is 6.07 Å². The summed E-state index contributed by atoms with van der Waals surface area (Å²) in [4.78, 5) is 10.8. The molecule has 0 radical (unpaired) electrons. The SMILES string of the molecule is Cc1cc(-c2nsc3c(-c4cccnc4C(F)(F)F)cc(N4CCOC[C@H]4C)nc23)n(C2CCCCO2)n1. The molecule has 200 valence electrons. The Morgan fingerprint density at radius 3 is 2.76 bits per heavy atom. The molecular weight excluding hydrogens is 517 g/mol. The van der Waals surface area contributed by atoms with E-state index in [2.05, 4.69) is 9.88 Å². The second kappa shape index (κ2) is 9.90. The number of fused-ring (bicyclic) bond motifs is 1. The zero-order valence-electron chi connectivity index (χ0n) is 21.0. The van der Waals surface area contributed by atoms with Crippen LogP contribution >= 0.6 is 11.5 Å². The highest BCUT2D eigenvalue weighted by Gasteiger charge is 2.37. The van der Waals surface area contributed by atoms with Crippen LogP contribution in [0.25, 0.3) is 32.7 Å². The standard InChI is InChI=1S/C26H27F3N6O2S/c1-15-12-19(35(32-15)21-7-3-4-10-37-21)22-23-24(38-33-22)18(17-6-5-8-30-25(17)26(27,28)29)13-20(31-23)34-9-11-36-14-16(34)2/h5-6,8,12-13,16,21H,3-4,7,9-11,14H2,1-2H3/t16-,21?/m1/s1. The molecule has 4 aromatic heterocycles. The monoisotopic (exact) mass is 544 g/mol. The van der Waals surface area contributed by atoms with E-state index >= 15 is 0 Å². The lowest BCUT2D eigenvalue weighted by Gasteiger charge is -2.34. The number of aryl methyl sites for hydroxylation is 1. The topological polar surface area (TPSA) is 78.2 Å². The lowest BCUT2D eigenvalue weighted by Crippen LogP contribution is -2.44. The summed E-state index contributed by atoms with van der Waals surface area (Å²) in [5.41, 5.74) is 2.15. The van der Waals surface area contributed by atoms with Crippen molar-refractivity contribution in [1.82, 2.24) is 24.1 Å². The minimum atomic E-state index is -4.61. The van der Waals surface area contributed by atoms with E-state index in [0.717, 1.165) is 42.2 Å². The molecule has 0 spiro atoms. The third kappa shape index (κ3) is 4.54. The van der Waals surface area contributed by atoms with Crippen LogP contribution in [0.3, 0.4) is 0 Å². The maximum absolute atomic E-state index is 14.0. The van der Waals surface area contributed by atoms with E-state index in [1.54, 1.807) is 6.07 Å². The van der Waals surface area contributed by atoms with Crippen molar-refractivity contribution >= 4 is 27.6 Å². The quantitative estimate of drug-likeness (QED) is 0.318. The normalized spacial score (nSPS) is 20.8. The van der Waals surface area contributed by atoms with E-state index in [-0.39, 0.29) is 17.8 Å². The lowest BCUT2D eigenvalue weighted by atomic mass is 10.0. The maximum Gasteiger partial charge on any atom is 0.433 e. The first kappa shape index (κ1) is 25.2. The van der Waals surface area contributed by atoms with Gasteiger partial charge in [-0.3, -0.25) is 4.98 Å². The molecule has 0 N–H and O–H groups in total. The van der Waals surface area contributed by atoms with Gasteiger partial charge in [0, 0.05) is 30.5 Å². The van der Waals surface area contributed by atoms with Crippen LogP contribution < -0.4 is 4.90 Å². The largest absolute Gasteiger partial charge is 0.433 e. The van der Waals surface area contributed by atoms with Gasteiger partial charge in [0.05, 0.1) is 35.3 Å². The molecular formula is C26H27F3N6O2S. The minimum absolute atomic E-state index is 0.00469. The fourth-order valence-corrected chi connectivity index (χ4v) is 6.03. The number of aromatic nitrogens is 5. The van der Waals surface area contributed by atoms with Crippen molar-refractivity contribution in [2.24, 2.45) is 0 Å². The molecule has 0 saturated carbocycles. The summed E-state index contributed by atoms with van der Waals surface area (Å²) >= 11 is 1.14. The number of rotatable bonds is 4. The van der Waals surface area contributed by atoms with Crippen LogP contribution in [0.2, 0.25) is 0 Å². The zero-order valence-corrected chi connectivity index (χ0v) is 21.8. The van der Waals surface area contributed by atoms with E-state index in [1.165, 1.54) is 18.3 Å². The van der Waals surface area contributed by atoms with Crippen molar-refractivity contribution in [2.45, 2.75) is 51.6 Å². The molecule has 2 atom stereocenters. The van der Waals surface area contributed by atoms with Crippen LogP contribution in [0.1, 0.15) is 43.8 Å². The highest BCUT2D eigenvalue weighted by Crippen LogP contribution is 2.43. The number of alkyl halides is 3. The summed E-state index contributed by atoms with van der Waals surface area (Å²) in [5.74, 6) is 0.582. The van der Waals surface area contributed by atoms with Crippen LogP contribution in [0.15, 0.2) is 30.5 Å². The Kier molecular flexibility index (Phi) is 6.57. The van der Waals surface area contributed by atoms with Gasteiger partial charge in [0.15, 0.2) is 11.9 Å². The second-order valence-corrected chi connectivity index (χ2v) is 10.5. The lowest BCUT2D eigenvalue weighted by molar-refractivity contribution is -0.140. The molecule has 2 fully saturated rings. The maximum atomic E-state index is 14.0. The molecule has 6 rings (SSSR count). The van der Waals surface area contributed by atoms with Gasteiger partial charge in [-0.25, -0.2) is 9.67 Å². The highest BCUT2D eigenvalue weighted by molar-refractivity contribution is 7.14. The Balaban J connectivity index is 1.58. The summed E-state index contributed by atoms with van der Waals surface area (Å²) in [7, 11) is 0. The smallest absolute Gasteiger partial charge is 0.377 e. The number of hydrogen-bond donors (Lipinski definition) is 0. The van der Waals surface area contributed by atoms with Crippen LogP contribution in [-0.2, 0) is 15.7 Å². The molecule has 2 saturated heterocycles. The van der Waals surface area contributed by atoms with Gasteiger partial charge in [-0.2, -0.15) is 22.6 Å². The first-order chi connectivity index (χ1) is 18.3. The summed E-state index contributed by atoms with van der Waals surface area (Å²) in [6.45, 7) is 6.18. The Morgan fingerprint density at radius 2 is 2.00 bits per heavy atom. The number of pyridine rings is 2. The highest BCUT2D eigenvalue weighted by atomic mass is 32.1. The van der Waals surface area contributed by atoms with Gasteiger partial charge < -0.3 is 14.4 Å². The second-order valence-electron chi connectivity index (χ2n) is 9.69. The van der Waals surface area contributed by atoms with E-state index < -0.39 is 11.9 Å². The summed E-state index contributed by atoms with van der Waals surface area (Å²) in [5, 5.41) is 4.69. The Hall–Kier alpha value is -3.09. The first-order valence-electron chi connectivity index (χ1n) is 12.7. The fraction of sp³-hybridized carbons (Fsp3) is 0.462. The molecule has 6 heterocycles. The fourth-order valence-electron chi connectivity index (χ4n) is 5.17. The third-order valence-electron chi connectivity index (χ3n) is 6.97. The molecule has 0 aromatic carbocycles. The zero-order chi connectivity index (χ0) is 26.4. The predicted molar refractivity (Wildman–Crippen MR) is 138 cm³/mol. The summed E-state index contributed by atoms with van der Waals surface area (Å²) in [6.07, 6.45) is -0.801. The molecule has 8 nitrogen and oxygen atoms in total. The summed E-state index contributed by atoms with van der Waals surface area (Å²) < 4.78 is 60.9. The van der Waals surface area contributed by atoms with Gasteiger partial charge in [0.1, 0.15) is 17.0 Å². The molecule has 12 heteroatoms. The average molecular weight is 545 g/mol. The van der Waals surface area contributed by atoms with Gasteiger partial charge in [0.2, 0.25) is 0 Å². The van der Waals surface area contributed by atoms with Crippen molar-refractivity contribution in [3.05, 3.63) is 41.9 Å². The molecule has 2 aliphatic rings. The van der Waals surface area contributed by atoms with Crippen molar-refractivity contribution in [3.63, 3.8) is 0 Å². The van der Waals surface area contributed by atoms with Crippen LogP contribution in [-0.4, -0.2) is 56.5 Å². The number of halogens is 3. The molecule has 38 heavy (non-hydrogen) atoms. The van der Waals surface area contributed by atoms with Crippen molar-refractivity contribution in [2.75, 3.05) is 31.3 Å². The number of ether oxygens (including phenoxy) is 2. The first-order valence-corrected chi connectivity index (χ1v) is 13.4. The van der Waals surface area contributed by atoms with Gasteiger partial charge in [0.25, 0.3) is 0 Å². The van der Waals surface area contributed by atoms with Gasteiger partial charge >= 0.3 is 6.18 Å². The van der Waals surface area contributed by atoms with E-state index in [0.29, 0.717) is 53.7 Å².